The van der Waals surface area contributed by atoms with E-state index >= 15 is 0 Å². The predicted molar refractivity (Wildman–Crippen MR) is 86.8 cm³/mol. The molecule has 23 heavy (non-hydrogen) atoms. The summed E-state index contributed by atoms with van der Waals surface area (Å²) in [6.45, 7) is 3.67. The largest absolute Gasteiger partial charge is 0.411 e. The van der Waals surface area contributed by atoms with E-state index in [1.54, 1.807) is 40.9 Å². The summed E-state index contributed by atoms with van der Waals surface area (Å²) in [5, 5.41) is 21.0. The van der Waals surface area contributed by atoms with Gasteiger partial charge in [-0.1, -0.05) is 29.4 Å². The second-order valence-corrected chi connectivity index (χ2v) is 8.02. The van der Waals surface area contributed by atoms with Gasteiger partial charge < -0.3 is 15.2 Å². The van der Waals surface area contributed by atoms with Crippen LogP contribution in [-0.2, 0) is 4.79 Å². The predicted octanol–water partition coefficient (Wildman–Crippen LogP) is 1.35. The molecule has 0 aliphatic carbocycles. The van der Waals surface area contributed by atoms with Crippen molar-refractivity contribution in [3.63, 3.8) is 0 Å². The number of thioether (sulfide) groups is 1. The van der Waals surface area contributed by atoms with Crippen molar-refractivity contribution in [1.29, 1.82) is 0 Å². The fraction of sp³-hybridized carbons (Fsp3) is 0.438. The van der Waals surface area contributed by atoms with Crippen LogP contribution in [0.4, 0.5) is 0 Å². The second-order valence-electron chi connectivity index (χ2n) is 6.25. The first-order valence-electron chi connectivity index (χ1n) is 7.34. The van der Waals surface area contributed by atoms with Crippen molar-refractivity contribution in [2.75, 3.05) is 6.61 Å². The molecule has 7 heteroatoms. The molecule has 0 aromatic heterocycles. The van der Waals surface area contributed by atoms with E-state index in [1.165, 1.54) is 6.21 Å². The third-order valence-corrected chi connectivity index (χ3v) is 6.05. The molecule has 1 aromatic rings. The minimum atomic E-state index is -0.596. The number of Topliss-reactive ketones (excluding diaryl/α,β-unsaturated/α-hetero) is 1. The molecule has 0 radical (unpaired) electrons. The first-order valence-corrected chi connectivity index (χ1v) is 8.22. The van der Waals surface area contributed by atoms with Gasteiger partial charge in [0.1, 0.15) is 6.04 Å². The van der Waals surface area contributed by atoms with Crippen molar-refractivity contribution in [2.24, 2.45) is 11.1 Å². The van der Waals surface area contributed by atoms with Crippen molar-refractivity contribution in [3.05, 3.63) is 35.4 Å². The van der Waals surface area contributed by atoms with Gasteiger partial charge in [-0.15, -0.1) is 11.8 Å². The number of carbonyl (C=O) groups is 2. The lowest BCUT2D eigenvalue weighted by Crippen LogP contribution is -2.63. The normalized spacial score (nSPS) is 28.7. The number of rotatable bonds is 4. The third-order valence-electron chi connectivity index (χ3n) is 4.42. The average Bonchev–Trinajstić information content (AvgIpc) is 2.76. The van der Waals surface area contributed by atoms with Crippen molar-refractivity contribution >= 4 is 29.7 Å². The van der Waals surface area contributed by atoms with Crippen molar-refractivity contribution in [2.45, 2.75) is 30.0 Å². The Morgan fingerprint density at radius 1 is 1.43 bits per heavy atom. The lowest BCUT2D eigenvalue weighted by atomic mass is 9.86. The lowest BCUT2D eigenvalue weighted by molar-refractivity contribution is -0.154. The molecule has 0 saturated carbocycles. The maximum atomic E-state index is 13.1. The summed E-state index contributed by atoms with van der Waals surface area (Å²) in [6, 6.07) is 6.25. The third kappa shape index (κ3) is 2.35. The van der Waals surface area contributed by atoms with Gasteiger partial charge in [0, 0.05) is 15.9 Å². The monoisotopic (exact) mass is 334 g/mol. The zero-order valence-electron chi connectivity index (χ0n) is 12.8. The Labute approximate surface area is 138 Å². The number of β-lactam (4-membered cyclic amide) rings is 1. The van der Waals surface area contributed by atoms with Crippen molar-refractivity contribution in [3.8, 4) is 0 Å². The summed E-state index contributed by atoms with van der Waals surface area (Å²) in [4.78, 5) is 26.9. The summed E-state index contributed by atoms with van der Waals surface area (Å²) in [5.74, 6) is -0.779. The van der Waals surface area contributed by atoms with Gasteiger partial charge in [-0.25, -0.2) is 0 Å². The number of ketones is 1. The van der Waals surface area contributed by atoms with Crippen LogP contribution in [0.1, 0.15) is 29.8 Å². The molecule has 3 atom stereocenters. The molecule has 2 saturated heterocycles. The number of hydrogen-bond acceptors (Lipinski definition) is 6. The molecule has 0 spiro atoms. The number of nitrogens with zero attached hydrogens (tertiary/aromatic N) is 2. The highest BCUT2D eigenvalue weighted by atomic mass is 32.2. The Bertz CT molecular complexity index is 688. The highest BCUT2D eigenvalue weighted by Gasteiger charge is 2.63. The quantitative estimate of drug-likeness (QED) is 0.285. The van der Waals surface area contributed by atoms with Crippen LogP contribution in [0.2, 0.25) is 0 Å². The average molecular weight is 334 g/mol. The van der Waals surface area contributed by atoms with Crippen LogP contribution < -0.4 is 0 Å². The Hall–Kier alpha value is -1.86. The molecule has 1 aromatic carbocycles. The van der Waals surface area contributed by atoms with Crippen LogP contribution in [0.15, 0.2) is 29.4 Å². The number of oxime groups is 1. The molecular formula is C16H18N2O4S. The van der Waals surface area contributed by atoms with E-state index in [1.807, 2.05) is 13.8 Å². The second kappa shape index (κ2) is 5.65. The maximum absolute atomic E-state index is 13.1. The van der Waals surface area contributed by atoms with Gasteiger partial charge in [0.2, 0.25) is 5.91 Å². The van der Waals surface area contributed by atoms with Crippen LogP contribution in [0.25, 0.3) is 0 Å². The topological polar surface area (TPSA) is 90.2 Å². The van der Waals surface area contributed by atoms with Crippen molar-refractivity contribution in [1.82, 2.24) is 4.90 Å². The number of aliphatic hydroxyl groups excluding tert-OH is 1. The highest BCUT2D eigenvalue weighted by molar-refractivity contribution is 8.01. The Kier molecular flexibility index (Phi) is 3.93. The molecule has 1 amide bonds. The van der Waals surface area contributed by atoms with Crippen LogP contribution in [0.3, 0.4) is 0 Å². The molecule has 6 nitrogen and oxygen atoms in total. The molecule has 122 valence electrons. The first kappa shape index (κ1) is 16.0. The molecule has 2 N–H and O–H groups in total. The van der Waals surface area contributed by atoms with Gasteiger partial charge in [-0.2, -0.15) is 0 Å². The maximum Gasteiger partial charge on any atom is 0.232 e. The van der Waals surface area contributed by atoms with Crippen molar-refractivity contribution < 1.29 is 19.9 Å². The van der Waals surface area contributed by atoms with Gasteiger partial charge in [0.25, 0.3) is 0 Å². The van der Waals surface area contributed by atoms with E-state index in [4.69, 9.17) is 5.21 Å². The molecule has 0 unspecified atom stereocenters. The SMILES string of the molecule is CC1(C)S[C@@H]2[C@H](CO)C(=O)N2[C@H]1C(=O)c1ccccc1C=NO. The Balaban J connectivity index is 1.98. The van der Waals surface area contributed by atoms with Crippen LogP contribution in [0, 0.1) is 5.92 Å². The number of aliphatic hydroxyl groups is 1. The van der Waals surface area contributed by atoms with Gasteiger partial charge in [-0.3, -0.25) is 9.59 Å². The fourth-order valence-corrected chi connectivity index (χ4v) is 5.01. The fourth-order valence-electron chi connectivity index (χ4n) is 3.33. The number of carbonyl (C=O) groups excluding carboxylic acids is 2. The Morgan fingerprint density at radius 2 is 2.13 bits per heavy atom. The number of benzene rings is 1. The van der Waals surface area contributed by atoms with Crippen LogP contribution >= 0.6 is 11.8 Å². The summed E-state index contributed by atoms with van der Waals surface area (Å²) < 4.78 is -0.454. The molecule has 0 bridgehead atoms. The summed E-state index contributed by atoms with van der Waals surface area (Å²) in [6.07, 6.45) is 1.22. The van der Waals surface area contributed by atoms with Gasteiger partial charge >= 0.3 is 0 Å². The molecule has 2 aliphatic heterocycles. The minimum absolute atomic E-state index is 0.157. The van der Waals surface area contributed by atoms with Gasteiger partial charge in [0.05, 0.1) is 24.1 Å². The zero-order valence-corrected chi connectivity index (χ0v) is 13.7. The smallest absolute Gasteiger partial charge is 0.232 e. The van der Waals surface area contributed by atoms with E-state index in [9.17, 15) is 14.7 Å². The van der Waals surface area contributed by atoms with Crippen LogP contribution in [-0.4, -0.2) is 55.9 Å². The minimum Gasteiger partial charge on any atom is -0.411 e. The Morgan fingerprint density at radius 3 is 2.78 bits per heavy atom. The van der Waals surface area contributed by atoms with E-state index < -0.39 is 16.7 Å². The lowest BCUT2D eigenvalue weighted by Gasteiger charge is -2.43. The summed E-state index contributed by atoms with van der Waals surface area (Å²) in [5.41, 5.74) is 0.931. The zero-order chi connectivity index (χ0) is 16.8. The summed E-state index contributed by atoms with van der Waals surface area (Å²) in [7, 11) is 0. The molecule has 2 heterocycles. The van der Waals surface area contributed by atoms with E-state index in [0.717, 1.165) is 0 Å². The first-order chi connectivity index (χ1) is 10.9. The van der Waals surface area contributed by atoms with Gasteiger partial charge in [-0.05, 0) is 13.8 Å². The van der Waals surface area contributed by atoms with Gasteiger partial charge in [0.15, 0.2) is 5.78 Å². The summed E-state index contributed by atoms with van der Waals surface area (Å²) >= 11 is 1.55. The van der Waals surface area contributed by atoms with E-state index in [-0.39, 0.29) is 23.7 Å². The number of amides is 1. The molecule has 2 aliphatic rings. The molecule has 2 fully saturated rings. The standard InChI is InChI=1S/C16H18N2O4S/c1-16(2)13(18-14(21)11(8-19)15(18)23-16)12(20)10-6-4-3-5-9(10)7-17-22/h3-7,11,13,15,19,22H,8H2,1-2H3/t11-,13+,15-/m1/s1. The number of hydrogen-bond donors (Lipinski definition) is 2. The van der Waals surface area contributed by atoms with E-state index in [0.29, 0.717) is 11.1 Å². The molecular weight excluding hydrogens is 316 g/mol. The highest BCUT2D eigenvalue weighted by Crippen LogP contribution is 2.53. The number of fused-ring (bicyclic) bond motifs is 1. The molecule has 3 rings (SSSR count). The van der Waals surface area contributed by atoms with E-state index in [2.05, 4.69) is 5.16 Å². The van der Waals surface area contributed by atoms with Crippen LogP contribution in [0.5, 0.6) is 0 Å².